The number of anilines is 1. The summed E-state index contributed by atoms with van der Waals surface area (Å²) in [6.45, 7) is 6.18. The summed E-state index contributed by atoms with van der Waals surface area (Å²) in [7, 11) is -3.63. The van der Waals surface area contributed by atoms with Crippen molar-refractivity contribution >= 4 is 27.3 Å². The molecule has 1 unspecified atom stereocenters. The Balaban J connectivity index is 2.57. The number of nitrogens with two attached hydrogens (primary N) is 1. The summed E-state index contributed by atoms with van der Waals surface area (Å²) in [5.74, 6) is -1.24. The fourth-order valence-electron chi connectivity index (χ4n) is 2.55. The van der Waals surface area contributed by atoms with Crippen molar-refractivity contribution in [2.45, 2.75) is 44.4 Å². The largest absolute Gasteiger partial charge is 0.386 e. The van der Waals surface area contributed by atoms with E-state index in [-0.39, 0.29) is 29.5 Å². The minimum atomic E-state index is -3.63. The number of carbonyl (C=O) groups excluding carboxylic acids is 1. The molecule has 24 heavy (non-hydrogen) atoms. The van der Waals surface area contributed by atoms with Gasteiger partial charge < -0.3 is 11.1 Å². The third-order valence-corrected chi connectivity index (χ3v) is 7.09. The monoisotopic (exact) mass is 355 g/mol. The lowest BCUT2D eigenvalue weighted by atomic mass is 9.92. The van der Waals surface area contributed by atoms with Gasteiger partial charge in [0.1, 0.15) is 21.9 Å². The van der Waals surface area contributed by atoms with Gasteiger partial charge in [-0.15, -0.1) is 0 Å². The van der Waals surface area contributed by atoms with Crippen LogP contribution in [-0.4, -0.2) is 30.7 Å². The van der Waals surface area contributed by atoms with Crippen LogP contribution in [0, 0.1) is 5.82 Å². The Kier molecular flexibility index (Phi) is 4.47. The summed E-state index contributed by atoms with van der Waals surface area (Å²) < 4.78 is 38.2. The lowest BCUT2D eigenvalue weighted by molar-refractivity contribution is -0.115. The van der Waals surface area contributed by atoms with Crippen LogP contribution in [0.4, 0.5) is 10.1 Å². The van der Waals surface area contributed by atoms with Gasteiger partial charge in [0, 0.05) is 17.7 Å². The number of rotatable bonds is 3. The van der Waals surface area contributed by atoms with Gasteiger partial charge in [0.15, 0.2) is 9.84 Å². The van der Waals surface area contributed by atoms with Gasteiger partial charge in [-0.1, -0.05) is 6.92 Å². The van der Waals surface area contributed by atoms with Crippen LogP contribution < -0.4 is 11.1 Å². The summed E-state index contributed by atoms with van der Waals surface area (Å²) in [6, 6.07) is 4.02. The molecule has 0 fully saturated rings. The highest BCUT2D eigenvalue weighted by Gasteiger charge is 2.49. The van der Waals surface area contributed by atoms with Gasteiger partial charge in [0.2, 0.25) is 5.91 Å². The van der Waals surface area contributed by atoms with E-state index in [1.54, 1.807) is 6.92 Å². The van der Waals surface area contributed by atoms with Gasteiger partial charge in [0.05, 0.1) is 5.75 Å². The second kappa shape index (κ2) is 5.84. The second-order valence-electron chi connectivity index (χ2n) is 6.64. The minimum absolute atomic E-state index is 0.0568. The Bertz CT molecular complexity index is 818. The molecule has 1 amide bonds. The van der Waals surface area contributed by atoms with E-state index in [1.165, 1.54) is 39.0 Å². The number of nitrogens with zero attached hydrogens (tertiary/aromatic N) is 1. The fraction of sp³-hybridized carbons (Fsp3) is 0.500. The molecule has 0 radical (unpaired) electrons. The zero-order valence-corrected chi connectivity index (χ0v) is 15.0. The van der Waals surface area contributed by atoms with Crippen LogP contribution >= 0.6 is 0 Å². The van der Waals surface area contributed by atoms with Crippen molar-refractivity contribution in [3.05, 3.63) is 29.6 Å². The average molecular weight is 355 g/mol. The van der Waals surface area contributed by atoms with E-state index in [0.29, 0.717) is 5.69 Å². The first-order valence-electron chi connectivity index (χ1n) is 7.61. The molecule has 0 aromatic heterocycles. The van der Waals surface area contributed by atoms with Crippen LogP contribution in [0.15, 0.2) is 23.2 Å². The fourth-order valence-corrected chi connectivity index (χ4v) is 4.23. The standard InChI is InChI=1S/C16H22FN3O3S/c1-5-13(21)19-10-6-7-12(17)11(8-10)16(4)9-24(22,23)15(2,3)14(18)20-16/h6-8H,5,9H2,1-4H3,(H2,18,20)(H,19,21). The average Bonchev–Trinajstić information content (AvgIpc) is 2.46. The smallest absolute Gasteiger partial charge is 0.224 e. The molecule has 2 rings (SSSR count). The summed E-state index contributed by atoms with van der Waals surface area (Å²) in [6.07, 6.45) is 0.275. The van der Waals surface area contributed by atoms with Crippen LogP contribution in [-0.2, 0) is 20.2 Å². The summed E-state index contributed by atoms with van der Waals surface area (Å²) in [4.78, 5) is 15.8. The maximum absolute atomic E-state index is 14.4. The number of halogens is 1. The van der Waals surface area contributed by atoms with Gasteiger partial charge in [-0.2, -0.15) is 0 Å². The zero-order chi connectivity index (χ0) is 18.3. The molecule has 8 heteroatoms. The van der Waals surface area contributed by atoms with Crippen molar-refractivity contribution in [3.8, 4) is 0 Å². The number of aliphatic imine (C=N–C) groups is 1. The van der Waals surface area contributed by atoms with E-state index in [0.717, 1.165) is 0 Å². The summed E-state index contributed by atoms with van der Waals surface area (Å²) in [5, 5.41) is 2.63. The SMILES string of the molecule is CCC(=O)Nc1ccc(F)c(C2(C)CS(=O)(=O)C(C)(C)C(N)=N2)c1. The first kappa shape index (κ1) is 18.4. The number of carbonyl (C=O) groups is 1. The van der Waals surface area contributed by atoms with Crippen molar-refractivity contribution in [1.29, 1.82) is 0 Å². The Morgan fingerprint density at radius 1 is 1.38 bits per heavy atom. The van der Waals surface area contributed by atoms with Gasteiger partial charge in [-0.3, -0.25) is 9.79 Å². The number of benzene rings is 1. The highest BCUT2D eigenvalue weighted by Crippen LogP contribution is 2.38. The number of amidine groups is 1. The Hall–Kier alpha value is -1.96. The topological polar surface area (TPSA) is 102 Å². The van der Waals surface area contributed by atoms with Crippen LogP contribution in [0.25, 0.3) is 0 Å². The maximum Gasteiger partial charge on any atom is 0.224 e. The third-order valence-electron chi connectivity index (χ3n) is 4.38. The Morgan fingerprint density at radius 2 is 2.00 bits per heavy atom. The van der Waals surface area contributed by atoms with Gasteiger partial charge in [-0.05, 0) is 39.0 Å². The second-order valence-corrected chi connectivity index (χ2v) is 9.18. The van der Waals surface area contributed by atoms with Gasteiger partial charge >= 0.3 is 0 Å². The molecule has 3 N–H and O–H groups in total. The zero-order valence-electron chi connectivity index (χ0n) is 14.2. The van der Waals surface area contributed by atoms with Crippen molar-refractivity contribution in [3.63, 3.8) is 0 Å². The summed E-state index contributed by atoms with van der Waals surface area (Å²) in [5.41, 5.74) is 4.98. The van der Waals surface area contributed by atoms with Crippen LogP contribution in [0.5, 0.6) is 0 Å². The highest BCUT2D eigenvalue weighted by molar-refractivity contribution is 7.93. The normalized spacial score (nSPS) is 25.0. The summed E-state index contributed by atoms with van der Waals surface area (Å²) >= 11 is 0. The van der Waals surface area contributed by atoms with E-state index in [2.05, 4.69) is 10.3 Å². The molecule has 0 spiro atoms. The van der Waals surface area contributed by atoms with E-state index < -0.39 is 25.9 Å². The van der Waals surface area contributed by atoms with E-state index in [4.69, 9.17) is 5.73 Å². The first-order valence-corrected chi connectivity index (χ1v) is 9.26. The number of hydrogen-bond donors (Lipinski definition) is 2. The molecule has 0 saturated heterocycles. The molecular weight excluding hydrogens is 333 g/mol. The van der Waals surface area contributed by atoms with Gasteiger partial charge in [0.25, 0.3) is 0 Å². The molecule has 1 aliphatic heterocycles. The molecule has 0 saturated carbocycles. The van der Waals surface area contributed by atoms with Crippen molar-refractivity contribution < 1.29 is 17.6 Å². The number of hydrogen-bond acceptors (Lipinski definition) is 5. The van der Waals surface area contributed by atoms with Gasteiger partial charge in [-0.25, -0.2) is 12.8 Å². The molecular formula is C16H22FN3O3S. The van der Waals surface area contributed by atoms with E-state index in [1.807, 2.05) is 0 Å². The molecule has 1 aromatic rings. The molecule has 132 valence electrons. The molecule has 1 aliphatic rings. The lowest BCUT2D eigenvalue weighted by Gasteiger charge is -2.38. The number of nitrogens with one attached hydrogen (secondary N) is 1. The lowest BCUT2D eigenvalue weighted by Crippen LogP contribution is -2.55. The molecule has 1 atom stereocenters. The third kappa shape index (κ3) is 3.02. The predicted octanol–water partition coefficient (Wildman–Crippen LogP) is 1.95. The van der Waals surface area contributed by atoms with Crippen LogP contribution in [0.2, 0.25) is 0 Å². The maximum atomic E-state index is 14.4. The van der Waals surface area contributed by atoms with Crippen molar-refractivity contribution in [1.82, 2.24) is 0 Å². The molecule has 0 bridgehead atoms. The Morgan fingerprint density at radius 3 is 2.54 bits per heavy atom. The molecule has 6 nitrogen and oxygen atoms in total. The molecule has 1 heterocycles. The predicted molar refractivity (Wildman–Crippen MR) is 92.2 cm³/mol. The minimum Gasteiger partial charge on any atom is -0.386 e. The number of amides is 1. The van der Waals surface area contributed by atoms with Crippen LogP contribution in [0.3, 0.4) is 0 Å². The van der Waals surface area contributed by atoms with E-state index in [9.17, 15) is 17.6 Å². The van der Waals surface area contributed by atoms with Crippen LogP contribution in [0.1, 0.15) is 39.7 Å². The number of sulfone groups is 1. The Labute approximate surface area is 141 Å². The molecule has 0 aliphatic carbocycles. The van der Waals surface area contributed by atoms with Crippen molar-refractivity contribution in [2.75, 3.05) is 11.1 Å². The first-order chi connectivity index (χ1) is 10.9. The van der Waals surface area contributed by atoms with Crippen molar-refractivity contribution in [2.24, 2.45) is 10.7 Å². The highest BCUT2D eigenvalue weighted by atomic mass is 32.2. The quantitative estimate of drug-likeness (QED) is 0.865. The van der Waals surface area contributed by atoms with E-state index >= 15 is 0 Å². The molecule has 1 aromatic carbocycles.